The average Bonchev–Trinajstić information content (AvgIpc) is 2.49. The molecule has 0 amide bonds. The number of methoxy groups -OCH3 is 3. The second-order valence-electron chi connectivity index (χ2n) is 3.96. The quantitative estimate of drug-likeness (QED) is 0.852. The van der Waals surface area contributed by atoms with Gasteiger partial charge in [0.25, 0.3) is 0 Å². The highest BCUT2D eigenvalue weighted by atomic mass is 79.9. The first kappa shape index (κ1) is 15.2. The van der Waals surface area contributed by atoms with Crippen LogP contribution in [0.25, 0.3) is 0 Å². The summed E-state index contributed by atoms with van der Waals surface area (Å²) >= 11 is 3.36. The molecular formula is C13H15BrN4O3. The van der Waals surface area contributed by atoms with Crippen molar-refractivity contribution in [1.82, 2.24) is 9.97 Å². The maximum Gasteiger partial charge on any atom is 0.222 e. The fourth-order valence-corrected chi connectivity index (χ4v) is 2.05. The maximum absolute atomic E-state index is 5.59. The molecule has 1 aromatic heterocycles. The van der Waals surface area contributed by atoms with Gasteiger partial charge in [-0.25, -0.2) is 4.98 Å². The van der Waals surface area contributed by atoms with Gasteiger partial charge in [-0.1, -0.05) is 0 Å². The van der Waals surface area contributed by atoms with E-state index in [0.29, 0.717) is 33.2 Å². The number of hydrogen-bond donors (Lipinski definition) is 2. The van der Waals surface area contributed by atoms with Gasteiger partial charge >= 0.3 is 0 Å². The van der Waals surface area contributed by atoms with E-state index in [2.05, 4.69) is 31.2 Å². The van der Waals surface area contributed by atoms with Crippen LogP contribution in [-0.4, -0.2) is 31.3 Å². The van der Waals surface area contributed by atoms with Crippen LogP contribution in [0.5, 0.6) is 17.2 Å². The van der Waals surface area contributed by atoms with Crippen molar-refractivity contribution in [3.05, 3.63) is 22.8 Å². The molecular weight excluding hydrogens is 340 g/mol. The first-order chi connectivity index (χ1) is 10.1. The predicted octanol–water partition coefficient (Wildman–Crippen LogP) is 2.59. The molecule has 7 nitrogen and oxygen atoms in total. The van der Waals surface area contributed by atoms with Crippen LogP contribution >= 0.6 is 15.9 Å². The molecule has 0 unspecified atom stereocenters. The van der Waals surface area contributed by atoms with Crippen LogP contribution in [0.4, 0.5) is 17.5 Å². The van der Waals surface area contributed by atoms with Gasteiger partial charge < -0.3 is 25.3 Å². The Bertz CT molecular complexity index is 626. The molecule has 1 heterocycles. The van der Waals surface area contributed by atoms with E-state index < -0.39 is 0 Å². The highest BCUT2D eigenvalue weighted by Crippen LogP contribution is 2.40. The van der Waals surface area contributed by atoms with E-state index in [0.717, 1.165) is 0 Å². The average molecular weight is 355 g/mol. The summed E-state index contributed by atoms with van der Waals surface area (Å²) in [4.78, 5) is 8.00. The monoisotopic (exact) mass is 354 g/mol. The van der Waals surface area contributed by atoms with Crippen molar-refractivity contribution in [2.45, 2.75) is 0 Å². The van der Waals surface area contributed by atoms with E-state index in [4.69, 9.17) is 19.9 Å². The van der Waals surface area contributed by atoms with Gasteiger partial charge in [0.15, 0.2) is 11.5 Å². The first-order valence-corrected chi connectivity index (χ1v) is 6.73. The number of hydrogen-bond acceptors (Lipinski definition) is 7. The predicted molar refractivity (Wildman–Crippen MR) is 83.5 cm³/mol. The molecule has 1 aromatic carbocycles. The number of anilines is 3. The first-order valence-electron chi connectivity index (χ1n) is 5.94. The minimum Gasteiger partial charge on any atom is -0.493 e. The summed E-state index contributed by atoms with van der Waals surface area (Å²) in [6, 6.07) is 3.54. The van der Waals surface area contributed by atoms with Crippen molar-refractivity contribution >= 4 is 33.4 Å². The number of ether oxygens (including phenoxy) is 3. The largest absolute Gasteiger partial charge is 0.493 e. The molecule has 0 aliphatic heterocycles. The molecule has 0 saturated heterocycles. The molecule has 0 fully saturated rings. The van der Waals surface area contributed by atoms with Crippen LogP contribution in [0.3, 0.4) is 0 Å². The second kappa shape index (κ2) is 6.49. The molecule has 21 heavy (non-hydrogen) atoms. The van der Waals surface area contributed by atoms with Gasteiger partial charge in [0.1, 0.15) is 5.82 Å². The van der Waals surface area contributed by atoms with Gasteiger partial charge in [0.2, 0.25) is 11.7 Å². The van der Waals surface area contributed by atoms with Crippen molar-refractivity contribution in [2.75, 3.05) is 32.4 Å². The Morgan fingerprint density at radius 2 is 1.71 bits per heavy atom. The van der Waals surface area contributed by atoms with Gasteiger partial charge in [-0.3, -0.25) is 0 Å². The Morgan fingerprint density at radius 3 is 2.24 bits per heavy atom. The molecule has 0 radical (unpaired) electrons. The topological polar surface area (TPSA) is 91.5 Å². The molecule has 0 saturated carbocycles. The zero-order valence-electron chi connectivity index (χ0n) is 11.8. The SMILES string of the molecule is COc1cc(Nc2nc(N)ncc2Br)cc(OC)c1OC. The zero-order valence-corrected chi connectivity index (χ0v) is 13.4. The van der Waals surface area contributed by atoms with Crippen LogP contribution in [0.2, 0.25) is 0 Å². The molecule has 0 spiro atoms. The highest BCUT2D eigenvalue weighted by molar-refractivity contribution is 9.10. The third kappa shape index (κ3) is 3.27. The van der Waals surface area contributed by atoms with Crippen molar-refractivity contribution < 1.29 is 14.2 Å². The third-order valence-corrected chi connectivity index (χ3v) is 3.27. The number of halogens is 1. The Labute approximate surface area is 130 Å². The molecule has 0 bridgehead atoms. The number of nitrogen functional groups attached to an aromatic ring is 1. The lowest BCUT2D eigenvalue weighted by Gasteiger charge is -2.15. The summed E-state index contributed by atoms with van der Waals surface area (Å²) in [7, 11) is 4.66. The lowest BCUT2D eigenvalue weighted by molar-refractivity contribution is 0.324. The molecule has 2 aromatic rings. The summed E-state index contributed by atoms with van der Waals surface area (Å²) in [5, 5.41) is 3.12. The van der Waals surface area contributed by atoms with E-state index in [9.17, 15) is 0 Å². The number of nitrogens with one attached hydrogen (secondary N) is 1. The van der Waals surface area contributed by atoms with Crippen molar-refractivity contribution in [1.29, 1.82) is 0 Å². The van der Waals surface area contributed by atoms with E-state index in [1.54, 1.807) is 39.7 Å². The van der Waals surface area contributed by atoms with Crippen molar-refractivity contribution in [2.24, 2.45) is 0 Å². The van der Waals surface area contributed by atoms with Gasteiger partial charge in [0.05, 0.1) is 25.8 Å². The minimum atomic E-state index is 0.174. The van der Waals surface area contributed by atoms with Gasteiger partial charge in [-0.05, 0) is 15.9 Å². The molecule has 0 atom stereocenters. The summed E-state index contributed by atoms with van der Waals surface area (Å²) < 4.78 is 16.6. The lowest BCUT2D eigenvalue weighted by atomic mass is 10.2. The standard InChI is InChI=1S/C13H15BrN4O3/c1-19-9-4-7(5-10(20-2)11(9)21-3)17-12-8(14)6-16-13(15)18-12/h4-6H,1-3H3,(H3,15,16,17,18). The smallest absolute Gasteiger partial charge is 0.222 e. The van der Waals surface area contributed by atoms with Crippen LogP contribution in [-0.2, 0) is 0 Å². The third-order valence-electron chi connectivity index (χ3n) is 2.69. The van der Waals surface area contributed by atoms with E-state index in [-0.39, 0.29) is 5.95 Å². The Kier molecular flexibility index (Phi) is 4.69. The lowest BCUT2D eigenvalue weighted by Crippen LogP contribution is -2.02. The molecule has 8 heteroatoms. The molecule has 112 valence electrons. The normalized spacial score (nSPS) is 10.1. The summed E-state index contributed by atoms with van der Waals surface area (Å²) in [6.07, 6.45) is 1.57. The van der Waals surface area contributed by atoms with Crippen LogP contribution in [0.1, 0.15) is 0 Å². The van der Waals surface area contributed by atoms with Crippen LogP contribution < -0.4 is 25.3 Å². The number of nitrogens with zero attached hydrogens (tertiary/aromatic N) is 2. The van der Waals surface area contributed by atoms with E-state index >= 15 is 0 Å². The number of rotatable bonds is 5. The molecule has 0 aliphatic rings. The Balaban J connectivity index is 2.42. The van der Waals surface area contributed by atoms with E-state index in [1.165, 1.54) is 0 Å². The molecule has 0 aliphatic carbocycles. The van der Waals surface area contributed by atoms with Gasteiger partial charge in [-0.2, -0.15) is 4.98 Å². The van der Waals surface area contributed by atoms with Crippen LogP contribution in [0.15, 0.2) is 22.8 Å². The fourth-order valence-electron chi connectivity index (χ4n) is 1.76. The van der Waals surface area contributed by atoms with E-state index in [1.807, 2.05) is 0 Å². The Hall–Kier alpha value is -2.22. The molecule has 2 rings (SSSR count). The number of nitrogens with two attached hydrogens (primary N) is 1. The zero-order chi connectivity index (χ0) is 15.4. The van der Waals surface area contributed by atoms with Crippen molar-refractivity contribution in [3.8, 4) is 17.2 Å². The Morgan fingerprint density at radius 1 is 1.10 bits per heavy atom. The summed E-state index contributed by atoms with van der Waals surface area (Å²) in [5.41, 5.74) is 6.30. The maximum atomic E-state index is 5.59. The molecule has 3 N–H and O–H groups in total. The number of aromatic nitrogens is 2. The summed E-state index contributed by atoms with van der Waals surface area (Å²) in [6.45, 7) is 0. The van der Waals surface area contributed by atoms with Gasteiger partial charge in [0, 0.05) is 24.0 Å². The van der Waals surface area contributed by atoms with Gasteiger partial charge in [-0.15, -0.1) is 0 Å². The highest BCUT2D eigenvalue weighted by Gasteiger charge is 2.14. The van der Waals surface area contributed by atoms with Crippen LogP contribution in [0, 0.1) is 0 Å². The van der Waals surface area contributed by atoms with Crippen molar-refractivity contribution in [3.63, 3.8) is 0 Å². The number of benzene rings is 1. The summed E-state index contributed by atoms with van der Waals surface area (Å²) in [5.74, 6) is 2.31. The second-order valence-corrected chi connectivity index (χ2v) is 4.82. The fraction of sp³-hybridized carbons (Fsp3) is 0.231. The minimum absolute atomic E-state index is 0.174.